The summed E-state index contributed by atoms with van der Waals surface area (Å²) >= 11 is 0. The van der Waals surface area contributed by atoms with Crippen molar-refractivity contribution in [3.8, 4) is 5.75 Å². The summed E-state index contributed by atoms with van der Waals surface area (Å²) < 4.78 is 45.8. The monoisotopic (exact) mass is 397 g/mol. The molecular formula is C14H21ClFN3O5S. The first-order valence-corrected chi connectivity index (χ1v) is 8.89. The molecule has 2 rings (SSSR count). The molecule has 1 aromatic carbocycles. The van der Waals surface area contributed by atoms with Gasteiger partial charge in [0.25, 0.3) is 0 Å². The number of piperidine rings is 1. The Hall–Kier alpha value is -1.49. The molecule has 142 valence electrons. The zero-order valence-electron chi connectivity index (χ0n) is 13.9. The summed E-state index contributed by atoms with van der Waals surface area (Å²) in [6.07, 6.45) is 1.60. The Kier molecular flexibility index (Phi) is 7.12. The molecule has 0 unspecified atom stereocenters. The van der Waals surface area contributed by atoms with Gasteiger partial charge in [0, 0.05) is 12.6 Å². The highest BCUT2D eigenvalue weighted by Crippen LogP contribution is 2.33. The number of nitro groups is 1. The number of sulfonamides is 1. The second-order valence-corrected chi connectivity index (χ2v) is 7.87. The Morgan fingerprint density at radius 3 is 2.52 bits per heavy atom. The number of methoxy groups -OCH3 is 1. The van der Waals surface area contributed by atoms with Crippen LogP contribution in [0.3, 0.4) is 0 Å². The van der Waals surface area contributed by atoms with Crippen molar-refractivity contribution in [2.45, 2.75) is 24.7 Å². The fraction of sp³-hybridized carbons (Fsp3) is 0.571. The third kappa shape index (κ3) is 5.00. The summed E-state index contributed by atoms with van der Waals surface area (Å²) in [5, 5.41) is 14.2. The van der Waals surface area contributed by atoms with Gasteiger partial charge in [-0.25, -0.2) is 17.5 Å². The molecule has 0 saturated carbocycles. The number of ether oxygens (including phenoxy) is 1. The molecule has 1 heterocycles. The van der Waals surface area contributed by atoms with Gasteiger partial charge in [-0.3, -0.25) is 10.1 Å². The van der Waals surface area contributed by atoms with E-state index in [0.717, 1.165) is 45.2 Å². The molecular weight excluding hydrogens is 377 g/mol. The van der Waals surface area contributed by atoms with Crippen LogP contribution in [0.5, 0.6) is 5.75 Å². The predicted molar refractivity (Wildman–Crippen MR) is 92.3 cm³/mol. The summed E-state index contributed by atoms with van der Waals surface area (Å²) in [7, 11) is -2.99. The molecule has 0 radical (unpaired) electrons. The van der Waals surface area contributed by atoms with Crippen molar-refractivity contribution in [1.29, 1.82) is 0 Å². The van der Waals surface area contributed by atoms with Crippen LogP contribution in [0, 0.1) is 21.3 Å². The molecule has 0 amide bonds. The van der Waals surface area contributed by atoms with Gasteiger partial charge >= 0.3 is 5.69 Å². The molecule has 0 aliphatic carbocycles. The predicted octanol–water partition coefficient (Wildman–Crippen LogP) is 1.83. The second kappa shape index (κ2) is 8.26. The standard InChI is InChI=1S/C14H20FN3O5S.ClH/c1-14(3-5-16-6-4-14)9-17-24(21,22)10-7-11(15)13(23-2)12(8-10)18(19)20;/h7-8,16-17H,3-6,9H2,1-2H3;1H. The summed E-state index contributed by atoms with van der Waals surface area (Å²) in [6, 6.07) is 1.52. The van der Waals surface area contributed by atoms with Crippen LogP contribution in [0.1, 0.15) is 19.8 Å². The smallest absolute Gasteiger partial charge is 0.315 e. The number of nitrogens with one attached hydrogen (secondary N) is 2. The normalized spacial score (nSPS) is 16.8. The number of benzene rings is 1. The quantitative estimate of drug-likeness (QED) is 0.559. The Labute approximate surface area is 151 Å². The molecule has 1 fully saturated rings. The highest BCUT2D eigenvalue weighted by atomic mass is 35.5. The molecule has 0 bridgehead atoms. The number of nitrogens with zero attached hydrogens (tertiary/aromatic N) is 1. The minimum Gasteiger partial charge on any atom is -0.488 e. The average molecular weight is 398 g/mol. The Balaban J connectivity index is 0.00000312. The Morgan fingerprint density at radius 2 is 2.00 bits per heavy atom. The van der Waals surface area contributed by atoms with Crippen molar-refractivity contribution in [2.24, 2.45) is 5.41 Å². The van der Waals surface area contributed by atoms with E-state index in [9.17, 15) is 22.9 Å². The summed E-state index contributed by atoms with van der Waals surface area (Å²) in [5.74, 6) is -1.69. The third-order valence-corrected chi connectivity index (χ3v) is 5.59. The van der Waals surface area contributed by atoms with Crippen LogP contribution in [0.4, 0.5) is 10.1 Å². The van der Waals surface area contributed by atoms with Gasteiger partial charge in [-0.15, -0.1) is 12.4 Å². The van der Waals surface area contributed by atoms with Crippen molar-refractivity contribution in [1.82, 2.24) is 10.0 Å². The molecule has 1 saturated heterocycles. The van der Waals surface area contributed by atoms with E-state index in [1.165, 1.54) is 0 Å². The average Bonchev–Trinajstić information content (AvgIpc) is 2.53. The first-order valence-electron chi connectivity index (χ1n) is 7.41. The molecule has 8 nitrogen and oxygen atoms in total. The van der Waals surface area contributed by atoms with Gasteiger partial charge in [-0.1, -0.05) is 6.92 Å². The molecule has 0 atom stereocenters. The summed E-state index contributed by atoms with van der Waals surface area (Å²) in [4.78, 5) is 9.63. The number of hydrogen-bond donors (Lipinski definition) is 2. The van der Waals surface area contributed by atoms with Crippen LogP contribution in [0.2, 0.25) is 0 Å². The van der Waals surface area contributed by atoms with Crippen molar-refractivity contribution in [3.05, 3.63) is 28.1 Å². The molecule has 1 aromatic rings. The molecule has 0 spiro atoms. The topological polar surface area (TPSA) is 111 Å². The van der Waals surface area contributed by atoms with E-state index >= 15 is 0 Å². The van der Waals surface area contributed by atoms with Crippen LogP contribution in [-0.4, -0.2) is 40.1 Å². The second-order valence-electron chi connectivity index (χ2n) is 6.10. The summed E-state index contributed by atoms with van der Waals surface area (Å²) in [6.45, 7) is 3.73. The first kappa shape index (κ1) is 21.6. The maximum Gasteiger partial charge on any atom is 0.315 e. The van der Waals surface area contributed by atoms with Gasteiger partial charge in [0.15, 0.2) is 5.82 Å². The number of nitro benzene ring substituents is 1. The lowest BCUT2D eigenvalue weighted by Gasteiger charge is -2.34. The lowest BCUT2D eigenvalue weighted by Crippen LogP contribution is -2.42. The van der Waals surface area contributed by atoms with Crippen LogP contribution < -0.4 is 14.8 Å². The fourth-order valence-electron chi connectivity index (χ4n) is 2.61. The van der Waals surface area contributed by atoms with Crippen LogP contribution in [0.25, 0.3) is 0 Å². The van der Waals surface area contributed by atoms with E-state index < -0.39 is 37.1 Å². The number of halogens is 2. The third-order valence-electron chi connectivity index (χ3n) is 4.21. The van der Waals surface area contributed by atoms with Gasteiger partial charge in [0.1, 0.15) is 0 Å². The van der Waals surface area contributed by atoms with E-state index in [0.29, 0.717) is 0 Å². The summed E-state index contributed by atoms with van der Waals surface area (Å²) in [5.41, 5.74) is -0.944. The highest BCUT2D eigenvalue weighted by Gasteiger charge is 2.30. The van der Waals surface area contributed by atoms with Crippen molar-refractivity contribution >= 4 is 28.1 Å². The van der Waals surface area contributed by atoms with Crippen LogP contribution in [0.15, 0.2) is 17.0 Å². The SMILES string of the molecule is COc1c(F)cc(S(=O)(=O)NCC2(C)CCNCC2)cc1[N+](=O)[O-].Cl. The maximum absolute atomic E-state index is 13.9. The number of rotatable bonds is 6. The zero-order valence-corrected chi connectivity index (χ0v) is 15.5. The van der Waals surface area contributed by atoms with E-state index in [2.05, 4.69) is 14.8 Å². The molecule has 0 aromatic heterocycles. The number of hydrogen-bond acceptors (Lipinski definition) is 6. The molecule has 1 aliphatic heterocycles. The minimum absolute atomic E-state index is 0. The van der Waals surface area contributed by atoms with Gasteiger partial charge in [-0.05, 0) is 37.4 Å². The largest absolute Gasteiger partial charge is 0.488 e. The van der Waals surface area contributed by atoms with Crippen molar-refractivity contribution in [3.63, 3.8) is 0 Å². The molecule has 11 heteroatoms. The van der Waals surface area contributed by atoms with E-state index in [1.807, 2.05) is 6.92 Å². The lowest BCUT2D eigenvalue weighted by molar-refractivity contribution is -0.386. The molecule has 1 aliphatic rings. The Bertz CT molecular complexity index is 738. The lowest BCUT2D eigenvalue weighted by atomic mass is 9.81. The highest BCUT2D eigenvalue weighted by molar-refractivity contribution is 7.89. The van der Waals surface area contributed by atoms with Gasteiger partial charge < -0.3 is 10.1 Å². The maximum atomic E-state index is 13.9. The molecule has 25 heavy (non-hydrogen) atoms. The van der Waals surface area contributed by atoms with E-state index in [4.69, 9.17) is 0 Å². The van der Waals surface area contributed by atoms with Gasteiger partial charge in [0.05, 0.1) is 16.9 Å². The first-order chi connectivity index (χ1) is 11.2. The van der Waals surface area contributed by atoms with E-state index in [1.54, 1.807) is 0 Å². The molecule has 2 N–H and O–H groups in total. The van der Waals surface area contributed by atoms with Crippen LogP contribution in [-0.2, 0) is 10.0 Å². The van der Waals surface area contributed by atoms with Gasteiger partial charge in [-0.2, -0.15) is 0 Å². The van der Waals surface area contributed by atoms with Gasteiger partial charge in [0.2, 0.25) is 15.8 Å². The van der Waals surface area contributed by atoms with Crippen LogP contribution >= 0.6 is 12.4 Å². The van der Waals surface area contributed by atoms with E-state index in [-0.39, 0.29) is 24.4 Å². The van der Waals surface area contributed by atoms with Crippen molar-refractivity contribution < 1.29 is 22.5 Å². The minimum atomic E-state index is -4.07. The fourth-order valence-corrected chi connectivity index (χ4v) is 3.84. The van der Waals surface area contributed by atoms with Crippen molar-refractivity contribution in [2.75, 3.05) is 26.7 Å². The zero-order chi connectivity index (χ0) is 18.0. The Morgan fingerprint density at radius 1 is 1.40 bits per heavy atom.